The molecule has 0 saturated carbocycles. The summed E-state index contributed by atoms with van der Waals surface area (Å²) in [4.78, 5) is 15.7. The van der Waals surface area contributed by atoms with Crippen molar-refractivity contribution in [3.63, 3.8) is 0 Å². The quantitative estimate of drug-likeness (QED) is 0.897. The molecule has 0 atom stereocenters. The highest BCUT2D eigenvalue weighted by Gasteiger charge is 2.07. The minimum Gasteiger partial charge on any atom is -0.322 e. The summed E-state index contributed by atoms with van der Waals surface area (Å²) < 4.78 is 13.1. The SMILES string of the molecule is Cc1cc(NC(=O)c2ccc(C#N)nc2)ccc1F. The predicted molar refractivity (Wildman–Crippen MR) is 68.0 cm³/mol. The minimum atomic E-state index is -0.358. The number of aryl methyl sites for hydroxylation is 1. The van der Waals surface area contributed by atoms with Gasteiger partial charge in [0.1, 0.15) is 17.6 Å². The van der Waals surface area contributed by atoms with Crippen molar-refractivity contribution in [1.29, 1.82) is 5.26 Å². The number of benzene rings is 1. The molecular weight excluding hydrogens is 245 g/mol. The van der Waals surface area contributed by atoms with Crippen LogP contribution in [0.25, 0.3) is 0 Å². The van der Waals surface area contributed by atoms with Crippen LogP contribution in [0.15, 0.2) is 36.5 Å². The molecule has 0 bridgehead atoms. The van der Waals surface area contributed by atoms with Gasteiger partial charge in [0.15, 0.2) is 0 Å². The number of pyridine rings is 1. The van der Waals surface area contributed by atoms with E-state index in [-0.39, 0.29) is 17.4 Å². The summed E-state index contributed by atoms with van der Waals surface area (Å²) in [5.74, 6) is -0.680. The third-order valence-corrected chi connectivity index (χ3v) is 2.56. The molecule has 4 nitrogen and oxygen atoms in total. The minimum absolute atomic E-state index is 0.245. The lowest BCUT2D eigenvalue weighted by Gasteiger charge is -2.06. The van der Waals surface area contributed by atoms with Gasteiger partial charge < -0.3 is 5.32 Å². The molecule has 0 unspecified atom stereocenters. The lowest BCUT2D eigenvalue weighted by molar-refractivity contribution is 0.102. The van der Waals surface area contributed by atoms with Gasteiger partial charge in [-0.2, -0.15) is 5.26 Å². The Labute approximate surface area is 109 Å². The van der Waals surface area contributed by atoms with Crippen molar-refractivity contribution in [3.8, 4) is 6.07 Å². The third kappa shape index (κ3) is 2.93. The molecular formula is C14H10FN3O. The highest BCUT2D eigenvalue weighted by molar-refractivity contribution is 6.04. The molecule has 1 N–H and O–H groups in total. The number of anilines is 1. The largest absolute Gasteiger partial charge is 0.322 e. The van der Waals surface area contributed by atoms with Crippen LogP contribution in [0, 0.1) is 24.1 Å². The van der Waals surface area contributed by atoms with E-state index >= 15 is 0 Å². The number of aromatic nitrogens is 1. The van der Waals surface area contributed by atoms with Gasteiger partial charge in [0.25, 0.3) is 5.91 Å². The molecule has 0 aliphatic carbocycles. The molecule has 0 aliphatic heterocycles. The standard InChI is InChI=1S/C14H10FN3O/c1-9-6-11(4-5-13(9)15)18-14(19)10-2-3-12(7-16)17-8-10/h2-6,8H,1H3,(H,18,19). The zero-order valence-electron chi connectivity index (χ0n) is 10.1. The van der Waals surface area contributed by atoms with Crippen LogP contribution in [0.4, 0.5) is 10.1 Å². The Morgan fingerprint density at radius 3 is 2.74 bits per heavy atom. The number of hydrogen-bond acceptors (Lipinski definition) is 3. The van der Waals surface area contributed by atoms with Crippen molar-refractivity contribution < 1.29 is 9.18 Å². The van der Waals surface area contributed by atoms with Crippen molar-refractivity contribution >= 4 is 11.6 Å². The van der Waals surface area contributed by atoms with Crippen molar-refractivity contribution in [3.05, 3.63) is 59.2 Å². The summed E-state index contributed by atoms with van der Waals surface area (Å²) in [5.41, 5.74) is 1.54. The molecule has 19 heavy (non-hydrogen) atoms. The summed E-state index contributed by atoms with van der Waals surface area (Å²) in [5, 5.41) is 11.2. The van der Waals surface area contributed by atoms with Gasteiger partial charge in [-0.05, 0) is 42.8 Å². The molecule has 0 radical (unpaired) electrons. The van der Waals surface area contributed by atoms with Crippen LogP contribution in [0.3, 0.4) is 0 Å². The van der Waals surface area contributed by atoms with Gasteiger partial charge in [-0.3, -0.25) is 4.79 Å². The van der Waals surface area contributed by atoms with Gasteiger partial charge in [0, 0.05) is 11.9 Å². The van der Waals surface area contributed by atoms with E-state index in [0.717, 1.165) is 0 Å². The average molecular weight is 255 g/mol. The van der Waals surface area contributed by atoms with E-state index in [9.17, 15) is 9.18 Å². The number of nitrogens with zero attached hydrogens (tertiary/aromatic N) is 2. The van der Waals surface area contributed by atoms with E-state index in [1.807, 2.05) is 6.07 Å². The van der Waals surface area contributed by atoms with Gasteiger partial charge in [-0.1, -0.05) is 0 Å². The lowest BCUT2D eigenvalue weighted by Crippen LogP contribution is -2.12. The van der Waals surface area contributed by atoms with Crippen LogP contribution in [-0.4, -0.2) is 10.9 Å². The van der Waals surface area contributed by atoms with Gasteiger partial charge in [0.05, 0.1) is 5.56 Å². The van der Waals surface area contributed by atoms with E-state index in [1.165, 1.54) is 30.5 Å². The molecule has 1 aromatic heterocycles. The topological polar surface area (TPSA) is 65.8 Å². The molecule has 0 saturated heterocycles. The molecule has 1 heterocycles. The number of amides is 1. The van der Waals surface area contributed by atoms with E-state index in [1.54, 1.807) is 13.0 Å². The highest BCUT2D eigenvalue weighted by atomic mass is 19.1. The molecule has 0 aliphatic rings. The van der Waals surface area contributed by atoms with E-state index in [4.69, 9.17) is 5.26 Å². The molecule has 5 heteroatoms. The first kappa shape index (κ1) is 12.7. The summed E-state index contributed by atoms with van der Waals surface area (Å²) in [6.45, 7) is 1.62. The zero-order chi connectivity index (χ0) is 13.8. The number of hydrogen-bond donors (Lipinski definition) is 1. The Balaban J connectivity index is 2.16. The van der Waals surface area contributed by atoms with Gasteiger partial charge in [-0.25, -0.2) is 9.37 Å². The number of rotatable bonds is 2. The first-order valence-electron chi connectivity index (χ1n) is 5.54. The number of carbonyl (C=O) groups excluding carboxylic acids is 1. The number of nitriles is 1. The van der Waals surface area contributed by atoms with Crippen molar-refractivity contribution in [1.82, 2.24) is 4.98 Å². The second-order valence-corrected chi connectivity index (χ2v) is 3.96. The fourth-order valence-electron chi connectivity index (χ4n) is 1.52. The maximum Gasteiger partial charge on any atom is 0.257 e. The van der Waals surface area contributed by atoms with Crippen LogP contribution in [0.1, 0.15) is 21.6 Å². The normalized spacial score (nSPS) is 9.74. The van der Waals surface area contributed by atoms with Crippen molar-refractivity contribution in [2.45, 2.75) is 6.92 Å². The number of carbonyl (C=O) groups is 1. The van der Waals surface area contributed by atoms with Crippen LogP contribution in [-0.2, 0) is 0 Å². The Hall–Kier alpha value is -2.74. The maximum absolute atomic E-state index is 13.1. The average Bonchev–Trinajstić information content (AvgIpc) is 2.43. The Kier molecular flexibility index (Phi) is 3.53. The van der Waals surface area contributed by atoms with Gasteiger partial charge in [-0.15, -0.1) is 0 Å². The molecule has 2 rings (SSSR count). The van der Waals surface area contributed by atoms with Gasteiger partial charge in [0.2, 0.25) is 0 Å². The Bertz CT molecular complexity index is 659. The monoisotopic (exact) mass is 255 g/mol. The van der Waals surface area contributed by atoms with Crippen LogP contribution in [0.2, 0.25) is 0 Å². The van der Waals surface area contributed by atoms with Gasteiger partial charge >= 0.3 is 0 Å². The molecule has 0 spiro atoms. The first-order valence-corrected chi connectivity index (χ1v) is 5.54. The smallest absolute Gasteiger partial charge is 0.257 e. The van der Waals surface area contributed by atoms with Crippen LogP contribution in [0.5, 0.6) is 0 Å². The molecule has 1 amide bonds. The van der Waals surface area contributed by atoms with E-state index in [0.29, 0.717) is 16.8 Å². The summed E-state index contributed by atoms with van der Waals surface area (Å²) >= 11 is 0. The predicted octanol–water partition coefficient (Wildman–Crippen LogP) is 2.65. The highest BCUT2D eigenvalue weighted by Crippen LogP contribution is 2.14. The second-order valence-electron chi connectivity index (χ2n) is 3.96. The fraction of sp³-hybridized carbons (Fsp3) is 0.0714. The zero-order valence-corrected chi connectivity index (χ0v) is 10.1. The van der Waals surface area contributed by atoms with E-state index < -0.39 is 0 Å². The maximum atomic E-state index is 13.1. The molecule has 2 aromatic rings. The Morgan fingerprint density at radius 1 is 1.37 bits per heavy atom. The fourth-order valence-corrected chi connectivity index (χ4v) is 1.52. The first-order chi connectivity index (χ1) is 9.10. The number of nitrogens with one attached hydrogen (secondary N) is 1. The summed E-state index contributed by atoms with van der Waals surface area (Å²) in [6, 6.07) is 9.17. The van der Waals surface area contributed by atoms with Crippen molar-refractivity contribution in [2.24, 2.45) is 0 Å². The van der Waals surface area contributed by atoms with Crippen LogP contribution < -0.4 is 5.32 Å². The second kappa shape index (κ2) is 5.27. The lowest BCUT2D eigenvalue weighted by atomic mass is 10.2. The van der Waals surface area contributed by atoms with Crippen LogP contribution >= 0.6 is 0 Å². The third-order valence-electron chi connectivity index (χ3n) is 2.56. The summed E-state index contributed by atoms with van der Waals surface area (Å²) in [6.07, 6.45) is 1.32. The summed E-state index contributed by atoms with van der Waals surface area (Å²) in [7, 11) is 0. The molecule has 94 valence electrons. The molecule has 1 aromatic carbocycles. The van der Waals surface area contributed by atoms with Crippen molar-refractivity contribution in [2.75, 3.05) is 5.32 Å². The Morgan fingerprint density at radius 2 is 2.16 bits per heavy atom. The van der Waals surface area contributed by atoms with E-state index in [2.05, 4.69) is 10.3 Å². The molecule has 0 fully saturated rings. The number of halogens is 1.